The number of pyridine rings is 1. The zero-order valence-electron chi connectivity index (χ0n) is 15.7. The number of sulfone groups is 1. The third kappa shape index (κ3) is 4.57. The summed E-state index contributed by atoms with van der Waals surface area (Å²) in [5.41, 5.74) is 2.43. The lowest BCUT2D eigenvalue weighted by Crippen LogP contribution is -2.37. The lowest BCUT2D eigenvalue weighted by atomic mass is 10.1. The van der Waals surface area contributed by atoms with Gasteiger partial charge in [0.1, 0.15) is 5.82 Å². The van der Waals surface area contributed by atoms with Gasteiger partial charge in [0, 0.05) is 50.3 Å². The second-order valence-corrected chi connectivity index (χ2v) is 9.20. The first-order valence-corrected chi connectivity index (χ1v) is 10.6. The maximum atomic E-state index is 12.7. The highest BCUT2D eigenvalue weighted by Crippen LogP contribution is 2.22. The van der Waals surface area contributed by atoms with Crippen molar-refractivity contribution in [3.8, 4) is 0 Å². The highest BCUT2D eigenvalue weighted by Gasteiger charge is 2.33. The number of carbonyl (C=O) groups is 1. The van der Waals surface area contributed by atoms with Crippen LogP contribution in [0.25, 0.3) is 0 Å². The zero-order chi connectivity index (χ0) is 19.6. The van der Waals surface area contributed by atoms with Crippen molar-refractivity contribution in [1.82, 2.24) is 9.88 Å². The number of aromatic nitrogens is 1. The van der Waals surface area contributed by atoms with Gasteiger partial charge in [0.15, 0.2) is 9.84 Å². The maximum absolute atomic E-state index is 12.7. The lowest BCUT2D eigenvalue weighted by molar-refractivity contribution is 0.0747. The molecule has 27 heavy (non-hydrogen) atoms. The predicted octanol–water partition coefficient (Wildman–Crippen LogP) is 2.15. The highest BCUT2D eigenvalue weighted by atomic mass is 32.2. The van der Waals surface area contributed by atoms with Crippen LogP contribution in [0.5, 0.6) is 0 Å². The Balaban J connectivity index is 1.72. The van der Waals surface area contributed by atoms with E-state index >= 15 is 0 Å². The van der Waals surface area contributed by atoms with Gasteiger partial charge in [0.2, 0.25) is 0 Å². The van der Waals surface area contributed by atoms with Crippen molar-refractivity contribution in [3.05, 3.63) is 48.2 Å². The van der Waals surface area contributed by atoms with Crippen LogP contribution in [-0.2, 0) is 9.84 Å². The van der Waals surface area contributed by atoms with E-state index in [4.69, 9.17) is 0 Å². The molecule has 1 N–H and O–H groups in total. The molecule has 7 nitrogen and oxygen atoms in total. The Hall–Kier alpha value is -2.61. The Morgan fingerprint density at radius 1 is 1.15 bits per heavy atom. The van der Waals surface area contributed by atoms with Crippen molar-refractivity contribution >= 4 is 32.9 Å². The predicted molar refractivity (Wildman–Crippen MR) is 107 cm³/mol. The molecule has 1 atom stereocenters. The molecule has 1 amide bonds. The minimum absolute atomic E-state index is 0.0314. The summed E-state index contributed by atoms with van der Waals surface area (Å²) in [5.74, 6) is 0.529. The van der Waals surface area contributed by atoms with Crippen LogP contribution in [0.2, 0.25) is 0 Å². The van der Waals surface area contributed by atoms with E-state index in [1.165, 1.54) is 4.90 Å². The topological polar surface area (TPSA) is 82.6 Å². The first-order valence-electron chi connectivity index (χ1n) is 8.73. The van der Waals surface area contributed by atoms with Gasteiger partial charge in [-0.15, -0.1) is 0 Å². The first-order chi connectivity index (χ1) is 12.7. The smallest absolute Gasteiger partial charge is 0.254 e. The van der Waals surface area contributed by atoms with E-state index in [-0.39, 0.29) is 23.5 Å². The molecule has 0 spiro atoms. The Kier molecular flexibility index (Phi) is 5.36. The van der Waals surface area contributed by atoms with E-state index in [0.717, 1.165) is 11.4 Å². The molecule has 8 heteroatoms. The van der Waals surface area contributed by atoms with Gasteiger partial charge < -0.3 is 15.1 Å². The van der Waals surface area contributed by atoms with Crippen LogP contribution < -0.4 is 10.2 Å². The summed E-state index contributed by atoms with van der Waals surface area (Å²) < 4.78 is 23.3. The standard InChI is InChI=1S/C19H24N4O3S/c1-22(2)16-6-4-15(5-7-16)21-18-12-14(8-10-20-18)19(24)23(3)17-9-11-27(25,26)13-17/h4-8,10,12,17H,9,11,13H2,1-3H3,(H,20,21). The molecule has 1 aromatic heterocycles. The molecular formula is C19H24N4O3S. The van der Waals surface area contributed by atoms with Crippen LogP contribution in [0.1, 0.15) is 16.8 Å². The summed E-state index contributed by atoms with van der Waals surface area (Å²) in [5, 5.41) is 3.19. The lowest BCUT2D eigenvalue weighted by Gasteiger charge is -2.23. The Labute approximate surface area is 159 Å². The SMILES string of the molecule is CN(C)c1ccc(Nc2cc(C(=O)N(C)C3CCS(=O)(=O)C3)ccn2)cc1. The molecule has 144 valence electrons. The number of anilines is 3. The number of amides is 1. The number of nitrogens with zero attached hydrogens (tertiary/aromatic N) is 3. The highest BCUT2D eigenvalue weighted by molar-refractivity contribution is 7.91. The monoisotopic (exact) mass is 388 g/mol. The van der Waals surface area contributed by atoms with E-state index < -0.39 is 9.84 Å². The van der Waals surface area contributed by atoms with E-state index in [0.29, 0.717) is 17.8 Å². The average Bonchev–Trinajstić information content (AvgIpc) is 3.01. The van der Waals surface area contributed by atoms with Gasteiger partial charge >= 0.3 is 0 Å². The zero-order valence-corrected chi connectivity index (χ0v) is 16.5. The summed E-state index contributed by atoms with van der Waals surface area (Å²) >= 11 is 0. The molecule has 0 bridgehead atoms. The summed E-state index contributed by atoms with van der Waals surface area (Å²) in [6.07, 6.45) is 2.06. The van der Waals surface area contributed by atoms with E-state index in [1.807, 2.05) is 43.3 Å². The van der Waals surface area contributed by atoms with E-state index in [9.17, 15) is 13.2 Å². The molecule has 0 saturated carbocycles. The minimum Gasteiger partial charge on any atom is -0.378 e. The minimum atomic E-state index is -3.04. The first kappa shape index (κ1) is 19.2. The van der Waals surface area contributed by atoms with Gasteiger partial charge in [-0.2, -0.15) is 0 Å². The molecule has 1 aromatic carbocycles. The van der Waals surface area contributed by atoms with Crippen molar-refractivity contribution in [2.24, 2.45) is 0 Å². The number of benzene rings is 1. The molecule has 1 aliphatic heterocycles. The second kappa shape index (κ2) is 7.56. The molecule has 1 aliphatic rings. The molecule has 1 fully saturated rings. The van der Waals surface area contributed by atoms with Gasteiger partial charge in [-0.25, -0.2) is 13.4 Å². The Morgan fingerprint density at radius 3 is 2.44 bits per heavy atom. The third-order valence-corrected chi connectivity index (χ3v) is 6.49. The number of hydrogen-bond donors (Lipinski definition) is 1. The molecule has 3 rings (SSSR count). The van der Waals surface area contributed by atoms with Gasteiger partial charge in [0.05, 0.1) is 11.5 Å². The molecule has 0 aliphatic carbocycles. The summed E-state index contributed by atoms with van der Waals surface area (Å²) in [7, 11) is 2.57. The van der Waals surface area contributed by atoms with Crippen LogP contribution in [0.15, 0.2) is 42.6 Å². The van der Waals surface area contributed by atoms with Crippen molar-refractivity contribution < 1.29 is 13.2 Å². The van der Waals surface area contributed by atoms with Crippen molar-refractivity contribution in [2.75, 3.05) is 42.9 Å². The number of rotatable bonds is 5. The Bertz CT molecular complexity index is 926. The number of hydrogen-bond acceptors (Lipinski definition) is 6. The Morgan fingerprint density at radius 2 is 1.85 bits per heavy atom. The largest absolute Gasteiger partial charge is 0.378 e. The van der Waals surface area contributed by atoms with Crippen LogP contribution in [-0.4, -0.2) is 62.9 Å². The van der Waals surface area contributed by atoms with Crippen LogP contribution in [0.4, 0.5) is 17.2 Å². The van der Waals surface area contributed by atoms with Crippen LogP contribution in [0.3, 0.4) is 0 Å². The van der Waals surface area contributed by atoms with Crippen LogP contribution in [0, 0.1) is 0 Å². The van der Waals surface area contributed by atoms with Gasteiger partial charge in [0.25, 0.3) is 5.91 Å². The van der Waals surface area contributed by atoms with Crippen molar-refractivity contribution in [2.45, 2.75) is 12.5 Å². The van der Waals surface area contributed by atoms with Crippen LogP contribution >= 0.6 is 0 Å². The summed E-state index contributed by atoms with van der Waals surface area (Å²) in [4.78, 5) is 20.5. The van der Waals surface area contributed by atoms with E-state index in [1.54, 1.807) is 25.4 Å². The molecule has 2 heterocycles. The van der Waals surface area contributed by atoms with Crippen molar-refractivity contribution in [3.63, 3.8) is 0 Å². The van der Waals surface area contributed by atoms with Crippen molar-refractivity contribution in [1.29, 1.82) is 0 Å². The summed E-state index contributed by atoms with van der Waals surface area (Å²) in [6, 6.07) is 10.9. The molecule has 2 aromatic rings. The van der Waals surface area contributed by atoms with Gasteiger partial charge in [-0.1, -0.05) is 0 Å². The second-order valence-electron chi connectivity index (χ2n) is 6.97. The molecule has 0 radical (unpaired) electrons. The fourth-order valence-corrected chi connectivity index (χ4v) is 4.85. The summed E-state index contributed by atoms with van der Waals surface area (Å²) in [6.45, 7) is 0. The van der Waals surface area contributed by atoms with Gasteiger partial charge in [-0.05, 0) is 42.8 Å². The fourth-order valence-electron chi connectivity index (χ4n) is 3.07. The number of nitrogens with one attached hydrogen (secondary N) is 1. The molecule has 1 saturated heterocycles. The maximum Gasteiger partial charge on any atom is 0.254 e. The van der Waals surface area contributed by atoms with Gasteiger partial charge in [-0.3, -0.25) is 4.79 Å². The normalized spacial score (nSPS) is 18.1. The number of carbonyl (C=O) groups excluding carboxylic acids is 1. The third-order valence-electron chi connectivity index (χ3n) is 4.74. The fraction of sp³-hybridized carbons (Fsp3) is 0.368. The van der Waals surface area contributed by atoms with E-state index in [2.05, 4.69) is 10.3 Å². The average molecular weight is 388 g/mol. The molecular weight excluding hydrogens is 364 g/mol. The quantitative estimate of drug-likeness (QED) is 0.845. The molecule has 1 unspecified atom stereocenters.